The summed E-state index contributed by atoms with van der Waals surface area (Å²) in [6.45, 7) is 1.25. The van der Waals surface area contributed by atoms with Crippen molar-refractivity contribution < 1.29 is 8.42 Å². The molecule has 0 atom stereocenters. The van der Waals surface area contributed by atoms with E-state index >= 15 is 0 Å². The van der Waals surface area contributed by atoms with Gasteiger partial charge < -0.3 is 9.88 Å². The molecule has 0 amide bonds. The molecule has 1 aliphatic heterocycles. The second kappa shape index (κ2) is 7.79. The van der Waals surface area contributed by atoms with Crippen molar-refractivity contribution in [3.63, 3.8) is 0 Å². The van der Waals surface area contributed by atoms with Crippen molar-refractivity contribution in [1.82, 2.24) is 13.9 Å². The van der Waals surface area contributed by atoms with Crippen molar-refractivity contribution in [3.05, 3.63) is 89.2 Å². The van der Waals surface area contributed by atoms with Crippen molar-refractivity contribution in [1.29, 1.82) is 5.26 Å². The van der Waals surface area contributed by atoms with E-state index in [9.17, 15) is 8.42 Å². The molecule has 0 saturated heterocycles. The topological polar surface area (TPSA) is 91.0 Å². The van der Waals surface area contributed by atoms with Crippen molar-refractivity contribution >= 4 is 26.7 Å². The maximum absolute atomic E-state index is 13.3. The first-order valence-corrected chi connectivity index (χ1v) is 11.7. The number of nitrogens with one attached hydrogen (secondary N) is 1. The predicted molar refractivity (Wildman–Crippen MR) is 122 cm³/mol. The molecule has 0 bridgehead atoms. The van der Waals surface area contributed by atoms with E-state index in [1.165, 1.54) is 4.31 Å². The first kappa shape index (κ1) is 20.2. The van der Waals surface area contributed by atoms with Gasteiger partial charge in [0.25, 0.3) is 0 Å². The fourth-order valence-corrected chi connectivity index (χ4v) is 5.43. The van der Waals surface area contributed by atoms with Crippen molar-refractivity contribution in [2.45, 2.75) is 24.5 Å². The van der Waals surface area contributed by atoms with Gasteiger partial charge in [0.05, 0.1) is 34.1 Å². The zero-order chi connectivity index (χ0) is 22.3. The van der Waals surface area contributed by atoms with Gasteiger partial charge in [0.15, 0.2) is 0 Å². The summed E-state index contributed by atoms with van der Waals surface area (Å²) in [5.41, 5.74) is 5.09. The number of fused-ring (bicyclic) bond motifs is 2. The molecule has 0 saturated carbocycles. The number of sulfonamides is 1. The number of benzene rings is 3. The lowest BCUT2D eigenvalue weighted by Gasteiger charge is -2.15. The van der Waals surface area contributed by atoms with Crippen molar-refractivity contribution in [2.24, 2.45) is 7.05 Å². The van der Waals surface area contributed by atoms with Gasteiger partial charge in [0.1, 0.15) is 5.82 Å². The highest BCUT2D eigenvalue weighted by Gasteiger charge is 2.30. The third-order valence-corrected chi connectivity index (χ3v) is 7.65. The second-order valence-corrected chi connectivity index (χ2v) is 9.76. The summed E-state index contributed by atoms with van der Waals surface area (Å²) in [7, 11) is -1.71. The Balaban J connectivity index is 1.39. The van der Waals surface area contributed by atoms with Crippen LogP contribution in [-0.2, 0) is 36.7 Å². The molecule has 160 valence electrons. The van der Waals surface area contributed by atoms with Gasteiger partial charge in [-0.1, -0.05) is 24.3 Å². The second-order valence-electron chi connectivity index (χ2n) is 7.82. The SMILES string of the molecule is Cn1c(CNc2ccc(C#N)cc2)nc2cc(S(=O)(=O)N3Cc4ccccc4C3)ccc21. The number of anilines is 1. The quantitative estimate of drug-likeness (QED) is 0.507. The molecule has 0 radical (unpaired) electrons. The van der Waals surface area contributed by atoms with Crippen molar-refractivity contribution in [3.8, 4) is 6.07 Å². The molecule has 7 nitrogen and oxygen atoms in total. The normalized spacial score (nSPS) is 13.8. The number of hydrogen-bond donors (Lipinski definition) is 1. The van der Waals surface area contributed by atoms with E-state index in [0.717, 1.165) is 28.2 Å². The van der Waals surface area contributed by atoms with Gasteiger partial charge in [-0.25, -0.2) is 13.4 Å². The number of nitrogens with zero attached hydrogens (tertiary/aromatic N) is 4. The van der Waals surface area contributed by atoms with Gasteiger partial charge in [0.2, 0.25) is 10.0 Å². The van der Waals surface area contributed by atoms with Crippen LogP contribution in [0.4, 0.5) is 5.69 Å². The summed E-state index contributed by atoms with van der Waals surface area (Å²) in [5, 5.41) is 12.2. The standard InChI is InChI=1S/C24H21N5O2S/c1-28-23-11-10-21(32(30,31)29-15-18-4-2-3-5-19(18)16-29)12-22(23)27-24(28)14-26-20-8-6-17(13-25)7-9-20/h2-12,26H,14-16H2,1H3. The third kappa shape index (κ3) is 3.51. The van der Waals surface area contributed by atoms with Gasteiger partial charge in [-0.2, -0.15) is 9.57 Å². The van der Waals surface area contributed by atoms with Crippen LogP contribution in [0.5, 0.6) is 0 Å². The average Bonchev–Trinajstić information content (AvgIpc) is 3.39. The Hall–Kier alpha value is -3.67. The summed E-state index contributed by atoms with van der Waals surface area (Å²) >= 11 is 0. The molecule has 8 heteroatoms. The van der Waals surface area contributed by atoms with Gasteiger partial charge in [-0.05, 0) is 53.6 Å². The number of nitriles is 1. The molecule has 0 spiro atoms. The summed E-state index contributed by atoms with van der Waals surface area (Å²) in [4.78, 5) is 4.92. The average molecular weight is 444 g/mol. The minimum atomic E-state index is -3.62. The van der Waals surface area contributed by atoms with E-state index in [1.807, 2.05) is 54.1 Å². The van der Waals surface area contributed by atoms with E-state index < -0.39 is 10.0 Å². The van der Waals surface area contributed by atoms with Crippen LogP contribution < -0.4 is 5.32 Å². The minimum Gasteiger partial charge on any atom is -0.378 e. The highest BCUT2D eigenvalue weighted by Crippen LogP contribution is 2.30. The van der Waals surface area contributed by atoms with Crippen LogP contribution in [0.25, 0.3) is 11.0 Å². The minimum absolute atomic E-state index is 0.252. The highest BCUT2D eigenvalue weighted by molar-refractivity contribution is 7.89. The zero-order valence-corrected chi connectivity index (χ0v) is 18.3. The first-order chi connectivity index (χ1) is 15.5. The number of imidazole rings is 1. The molecule has 0 fully saturated rings. The zero-order valence-electron chi connectivity index (χ0n) is 17.5. The van der Waals surface area contributed by atoms with Crippen LogP contribution in [-0.4, -0.2) is 22.3 Å². The van der Waals surface area contributed by atoms with E-state index in [-0.39, 0.29) is 4.90 Å². The molecule has 1 N–H and O–H groups in total. The van der Waals surface area contributed by atoms with Gasteiger partial charge in [0, 0.05) is 25.8 Å². The Kier molecular flexibility index (Phi) is 4.93. The Morgan fingerprint density at radius 3 is 2.38 bits per heavy atom. The summed E-state index contributed by atoms with van der Waals surface area (Å²) in [6.07, 6.45) is 0. The maximum Gasteiger partial charge on any atom is 0.243 e. The molecule has 5 rings (SSSR count). The van der Waals surface area contributed by atoms with Crippen LogP contribution >= 0.6 is 0 Å². The lowest BCUT2D eigenvalue weighted by atomic mass is 10.1. The van der Waals surface area contributed by atoms with Crippen LogP contribution in [0.15, 0.2) is 71.6 Å². The highest BCUT2D eigenvalue weighted by atomic mass is 32.2. The largest absolute Gasteiger partial charge is 0.378 e. The molecule has 32 heavy (non-hydrogen) atoms. The fraction of sp³-hybridized carbons (Fsp3) is 0.167. The number of hydrogen-bond acceptors (Lipinski definition) is 5. The maximum atomic E-state index is 13.3. The lowest BCUT2D eigenvalue weighted by molar-refractivity contribution is 0.431. The third-order valence-electron chi connectivity index (χ3n) is 5.86. The number of aromatic nitrogens is 2. The lowest BCUT2D eigenvalue weighted by Crippen LogP contribution is -2.25. The molecule has 0 aliphatic carbocycles. The molecular weight excluding hydrogens is 422 g/mol. The van der Waals surface area contributed by atoms with Gasteiger partial charge >= 0.3 is 0 Å². The van der Waals surface area contributed by atoms with E-state index in [2.05, 4.69) is 16.4 Å². The smallest absolute Gasteiger partial charge is 0.243 e. The fourth-order valence-electron chi connectivity index (χ4n) is 4.01. The van der Waals surface area contributed by atoms with E-state index in [4.69, 9.17) is 5.26 Å². The van der Waals surface area contributed by atoms with Crippen molar-refractivity contribution in [2.75, 3.05) is 5.32 Å². The number of aryl methyl sites for hydroxylation is 1. The Bertz CT molecular complexity index is 1440. The molecule has 2 heterocycles. The number of rotatable bonds is 5. The molecule has 0 unspecified atom stereocenters. The van der Waals surface area contributed by atoms with Crippen LogP contribution in [0, 0.1) is 11.3 Å². The first-order valence-electron chi connectivity index (χ1n) is 10.2. The summed E-state index contributed by atoms with van der Waals surface area (Å²) in [6, 6.07) is 22.2. The summed E-state index contributed by atoms with van der Waals surface area (Å²) in [5.74, 6) is 0.785. The Labute approximate surface area is 186 Å². The Morgan fingerprint density at radius 2 is 1.72 bits per heavy atom. The summed E-state index contributed by atoms with van der Waals surface area (Å²) < 4.78 is 30.0. The molecule has 3 aromatic carbocycles. The van der Waals surface area contributed by atoms with E-state index in [1.54, 1.807) is 24.3 Å². The van der Waals surface area contributed by atoms with Crippen LogP contribution in [0.3, 0.4) is 0 Å². The van der Waals surface area contributed by atoms with E-state index in [0.29, 0.717) is 30.7 Å². The van der Waals surface area contributed by atoms with Gasteiger partial charge in [-0.3, -0.25) is 0 Å². The monoisotopic (exact) mass is 443 g/mol. The Morgan fingerprint density at radius 1 is 1.03 bits per heavy atom. The molecular formula is C24H21N5O2S. The molecule has 1 aromatic heterocycles. The van der Waals surface area contributed by atoms with Crippen LogP contribution in [0.2, 0.25) is 0 Å². The van der Waals surface area contributed by atoms with Gasteiger partial charge in [-0.15, -0.1) is 0 Å². The predicted octanol–water partition coefficient (Wildman–Crippen LogP) is 3.76. The van der Waals surface area contributed by atoms with Crippen LogP contribution in [0.1, 0.15) is 22.5 Å². The molecule has 4 aromatic rings. The molecule has 1 aliphatic rings.